The fraction of sp³-hybridized carbons (Fsp3) is 0.562. The van der Waals surface area contributed by atoms with Crippen molar-refractivity contribution in [3.8, 4) is 11.1 Å². The van der Waals surface area contributed by atoms with Crippen molar-refractivity contribution in [2.24, 2.45) is 17.6 Å². The highest BCUT2D eigenvalue weighted by molar-refractivity contribution is 6.33. The second-order valence-electron chi connectivity index (χ2n) is 11.4. The van der Waals surface area contributed by atoms with E-state index in [0.717, 1.165) is 61.6 Å². The van der Waals surface area contributed by atoms with Gasteiger partial charge in [-0.2, -0.15) is 0 Å². The third kappa shape index (κ3) is 6.99. The van der Waals surface area contributed by atoms with Crippen LogP contribution in [0.25, 0.3) is 11.1 Å². The van der Waals surface area contributed by atoms with E-state index in [0.29, 0.717) is 37.5 Å². The number of piperidine rings is 1. The third-order valence-electron chi connectivity index (χ3n) is 8.77. The number of aliphatic hydroxyl groups is 1. The lowest BCUT2D eigenvalue weighted by atomic mass is 9.72. The molecule has 1 heterocycles. The first-order valence-electron chi connectivity index (χ1n) is 14.7. The molecule has 1 aliphatic heterocycles. The molecule has 0 spiro atoms. The average Bonchev–Trinajstić information content (AvgIpc) is 2.98. The Morgan fingerprint density at radius 3 is 2.73 bits per heavy atom. The molecule has 2 aliphatic rings. The number of ether oxygens (including phenoxy) is 1. The van der Waals surface area contributed by atoms with Crippen molar-refractivity contribution in [2.45, 2.75) is 76.4 Å². The summed E-state index contributed by atoms with van der Waals surface area (Å²) in [7, 11) is 1.33. The van der Waals surface area contributed by atoms with Crippen LogP contribution in [0.15, 0.2) is 42.5 Å². The molecule has 0 aromatic heterocycles. The Morgan fingerprint density at radius 2 is 1.98 bits per heavy atom. The maximum absolute atomic E-state index is 13.6. The van der Waals surface area contributed by atoms with Crippen LogP contribution in [0.2, 0.25) is 5.02 Å². The van der Waals surface area contributed by atoms with E-state index in [1.807, 2.05) is 35.2 Å². The summed E-state index contributed by atoms with van der Waals surface area (Å²) in [5.74, 6) is -0.0675. The SMILES string of the molecule is CCc1cccc(-c2c(Cl)cccc2C(O)(CCCNC(=O)OC)C2CCCN(C(=O)C3CCCC(N)C3)C2)c1. The number of rotatable bonds is 9. The summed E-state index contributed by atoms with van der Waals surface area (Å²) in [5.41, 5.74) is 8.69. The number of amides is 2. The molecule has 0 radical (unpaired) electrons. The van der Waals surface area contributed by atoms with Gasteiger partial charge in [-0.1, -0.05) is 61.3 Å². The van der Waals surface area contributed by atoms with Crippen LogP contribution in [0.4, 0.5) is 4.79 Å². The van der Waals surface area contributed by atoms with Crippen molar-refractivity contribution < 1.29 is 19.4 Å². The summed E-state index contributed by atoms with van der Waals surface area (Å²) in [6.07, 6.45) is 6.50. The number of likely N-dealkylation sites (tertiary alicyclic amines) is 1. The summed E-state index contributed by atoms with van der Waals surface area (Å²) >= 11 is 6.86. The predicted octanol–water partition coefficient (Wildman–Crippen LogP) is 5.65. The number of aryl methyl sites for hydroxylation is 1. The van der Waals surface area contributed by atoms with Crippen LogP contribution in [0.1, 0.15) is 69.4 Å². The largest absolute Gasteiger partial charge is 0.453 e. The number of nitrogens with one attached hydrogen (secondary N) is 1. The van der Waals surface area contributed by atoms with Crippen molar-refractivity contribution >= 4 is 23.6 Å². The summed E-state index contributed by atoms with van der Waals surface area (Å²) in [6, 6.07) is 14.1. The molecule has 218 valence electrons. The highest BCUT2D eigenvalue weighted by Gasteiger charge is 2.43. The van der Waals surface area contributed by atoms with E-state index >= 15 is 0 Å². The minimum Gasteiger partial charge on any atom is -0.453 e. The fourth-order valence-corrected chi connectivity index (χ4v) is 6.87. The normalized spacial score (nSPS) is 22.8. The molecule has 2 aromatic rings. The second kappa shape index (κ2) is 13.8. The Bertz CT molecular complexity index is 1170. The number of carbonyl (C=O) groups excluding carboxylic acids is 2. The van der Waals surface area contributed by atoms with Gasteiger partial charge in [0, 0.05) is 48.1 Å². The van der Waals surface area contributed by atoms with Crippen LogP contribution < -0.4 is 11.1 Å². The minimum absolute atomic E-state index is 0.0432. The van der Waals surface area contributed by atoms with E-state index in [1.165, 1.54) is 12.7 Å². The lowest BCUT2D eigenvalue weighted by molar-refractivity contribution is -0.142. The van der Waals surface area contributed by atoms with Crippen LogP contribution >= 0.6 is 11.6 Å². The first-order valence-corrected chi connectivity index (χ1v) is 15.1. The van der Waals surface area contributed by atoms with Crippen molar-refractivity contribution in [1.29, 1.82) is 0 Å². The number of halogens is 1. The van der Waals surface area contributed by atoms with E-state index in [4.69, 9.17) is 22.1 Å². The number of hydrogen-bond donors (Lipinski definition) is 3. The molecule has 4 N–H and O–H groups in total. The van der Waals surface area contributed by atoms with E-state index in [2.05, 4.69) is 24.4 Å². The van der Waals surface area contributed by atoms with Gasteiger partial charge in [0.1, 0.15) is 0 Å². The zero-order chi connectivity index (χ0) is 28.7. The van der Waals surface area contributed by atoms with Gasteiger partial charge in [0.15, 0.2) is 0 Å². The first-order chi connectivity index (χ1) is 19.3. The molecule has 2 aromatic carbocycles. The second-order valence-corrected chi connectivity index (χ2v) is 11.8. The van der Waals surface area contributed by atoms with Crippen LogP contribution in [-0.2, 0) is 21.6 Å². The van der Waals surface area contributed by atoms with E-state index < -0.39 is 11.7 Å². The van der Waals surface area contributed by atoms with Gasteiger partial charge in [0.05, 0.1) is 12.7 Å². The van der Waals surface area contributed by atoms with Gasteiger partial charge >= 0.3 is 6.09 Å². The van der Waals surface area contributed by atoms with Gasteiger partial charge in [-0.25, -0.2) is 4.79 Å². The highest BCUT2D eigenvalue weighted by atomic mass is 35.5. The van der Waals surface area contributed by atoms with Crippen LogP contribution in [0.3, 0.4) is 0 Å². The van der Waals surface area contributed by atoms with Gasteiger partial charge in [-0.05, 0) is 74.1 Å². The highest BCUT2D eigenvalue weighted by Crippen LogP contribution is 2.46. The summed E-state index contributed by atoms with van der Waals surface area (Å²) in [5, 5.41) is 16.0. The Balaban J connectivity index is 1.68. The van der Waals surface area contributed by atoms with Gasteiger partial charge < -0.3 is 25.8 Å². The molecule has 1 saturated heterocycles. The molecular weight excluding hydrogens is 526 g/mol. The molecule has 7 nitrogen and oxygen atoms in total. The number of methoxy groups -OCH3 is 1. The summed E-state index contributed by atoms with van der Waals surface area (Å²) in [6.45, 7) is 3.66. The number of carbonyl (C=O) groups is 2. The summed E-state index contributed by atoms with van der Waals surface area (Å²) < 4.78 is 4.72. The van der Waals surface area contributed by atoms with Gasteiger partial charge in [-0.15, -0.1) is 0 Å². The average molecular weight is 570 g/mol. The van der Waals surface area contributed by atoms with E-state index in [9.17, 15) is 14.7 Å². The lowest BCUT2D eigenvalue weighted by Crippen LogP contribution is -2.50. The maximum Gasteiger partial charge on any atom is 0.406 e. The van der Waals surface area contributed by atoms with Gasteiger partial charge in [0.2, 0.25) is 5.91 Å². The van der Waals surface area contributed by atoms with Crippen LogP contribution in [-0.4, -0.2) is 54.8 Å². The van der Waals surface area contributed by atoms with Crippen LogP contribution in [0.5, 0.6) is 0 Å². The number of nitrogens with two attached hydrogens (primary N) is 1. The van der Waals surface area contributed by atoms with Crippen molar-refractivity contribution in [2.75, 3.05) is 26.7 Å². The Morgan fingerprint density at radius 1 is 1.18 bits per heavy atom. The zero-order valence-corrected chi connectivity index (χ0v) is 24.6. The molecule has 2 amide bonds. The molecule has 1 saturated carbocycles. The maximum atomic E-state index is 13.6. The summed E-state index contributed by atoms with van der Waals surface area (Å²) in [4.78, 5) is 27.2. The lowest BCUT2D eigenvalue weighted by Gasteiger charge is -2.44. The minimum atomic E-state index is -1.26. The molecule has 0 bridgehead atoms. The molecule has 4 rings (SSSR count). The zero-order valence-electron chi connectivity index (χ0n) is 23.8. The van der Waals surface area contributed by atoms with Gasteiger partial charge in [-0.3, -0.25) is 4.79 Å². The van der Waals surface area contributed by atoms with Crippen LogP contribution in [0, 0.1) is 11.8 Å². The Labute approximate surface area is 243 Å². The smallest absolute Gasteiger partial charge is 0.406 e. The molecule has 40 heavy (non-hydrogen) atoms. The van der Waals surface area contributed by atoms with Gasteiger partial charge in [0.25, 0.3) is 0 Å². The molecule has 4 unspecified atom stereocenters. The van der Waals surface area contributed by atoms with Crippen molar-refractivity contribution in [1.82, 2.24) is 10.2 Å². The quantitative estimate of drug-likeness (QED) is 0.338. The van der Waals surface area contributed by atoms with E-state index in [1.54, 1.807) is 0 Å². The predicted molar refractivity (Wildman–Crippen MR) is 159 cm³/mol. The molecular formula is C32H44ClN3O4. The standard InChI is InChI=1S/C32H44ClN3O4/c1-3-22-9-4-10-23(19-22)29-27(14-6-15-28(29)33)32(39,16-8-17-35-31(38)40-2)25-12-7-18-36(21-25)30(37)24-11-5-13-26(34)20-24/h4,6,9-10,14-15,19,24-26,39H,3,5,7-8,11-13,16-18,20-21,34H2,1-2H3,(H,35,38). The van der Waals surface area contributed by atoms with E-state index in [-0.39, 0.29) is 23.8 Å². The number of nitrogens with zero attached hydrogens (tertiary/aromatic N) is 1. The molecule has 2 fully saturated rings. The number of benzene rings is 2. The van der Waals surface area contributed by atoms with Crippen molar-refractivity contribution in [3.05, 3.63) is 58.6 Å². The van der Waals surface area contributed by atoms with Crippen molar-refractivity contribution in [3.63, 3.8) is 0 Å². The Kier molecular flexibility index (Phi) is 10.5. The fourth-order valence-electron chi connectivity index (χ4n) is 6.58. The molecule has 8 heteroatoms. The topological polar surface area (TPSA) is 105 Å². The molecule has 4 atom stereocenters. The first kappa shape index (κ1) is 30.4. The monoisotopic (exact) mass is 569 g/mol. The number of hydrogen-bond acceptors (Lipinski definition) is 5. The number of alkyl carbamates (subject to hydrolysis) is 1. The third-order valence-corrected chi connectivity index (χ3v) is 9.08. The molecule has 1 aliphatic carbocycles. The Hall–Kier alpha value is -2.61.